The van der Waals surface area contributed by atoms with E-state index in [1.54, 1.807) is 37.4 Å². The molecule has 7 nitrogen and oxygen atoms in total. The van der Waals surface area contributed by atoms with Crippen LogP contribution in [0.15, 0.2) is 24.3 Å². The van der Waals surface area contributed by atoms with E-state index in [1.807, 2.05) is 13.8 Å². The maximum Gasteiger partial charge on any atom is 0.240 e. The first kappa shape index (κ1) is 19.4. The van der Waals surface area contributed by atoms with Gasteiger partial charge >= 0.3 is 0 Å². The maximum absolute atomic E-state index is 13.1. The van der Waals surface area contributed by atoms with Crippen LogP contribution in [-0.2, 0) is 14.4 Å². The third kappa shape index (κ3) is 2.81. The lowest BCUT2D eigenvalue weighted by atomic mass is 9.75. The summed E-state index contributed by atoms with van der Waals surface area (Å²) < 4.78 is 0. The fourth-order valence-electron chi connectivity index (χ4n) is 4.86. The first-order valence-electron chi connectivity index (χ1n) is 9.34. The Bertz CT molecular complexity index is 790. The molecule has 2 amide bonds. The van der Waals surface area contributed by atoms with E-state index in [0.717, 1.165) is 0 Å². The van der Waals surface area contributed by atoms with E-state index in [-0.39, 0.29) is 30.0 Å². The number of nitrogens with two attached hydrogens (primary N) is 1. The number of fused-ring (bicyclic) bond motifs is 1. The average Bonchev–Trinajstić information content (AvgIpc) is 3.03. The summed E-state index contributed by atoms with van der Waals surface area (Å²) in [5.41, 5.74) is -1.08. The molecule has 2 saturated heterocycles. The van der Waals surface area contributed by atoms with Crippen molar-refractivity contribution < 1.29 is 29.9 Å². The number of carboxylic acid groups (broad SMARTS) is 1. The van der Waals surface area contributed by atoms with Gasteiger partial charge in [0.2, 0.25) is 11.8 Å². The highest BCUT2D eigenvalue weighted by Gasteiger charge is 2.70. The molecule has 0 unspecified atom stereocenters. The van der Waals surface area contributed by atoms with Crippen LogP contribution in [0.4, 0.5) is 0 Å². The number of hydrogen-bond acceptors (Lipinski definition) is 5. The lowest BCUT2D eigenvalue weighted by molar-refractivity contribution is -0.740. The van der Waals surface area contributed by atoms with Crippen LogP contribution in [0.1, 0.15) is 45.7 Å². The summed E-state index contributed by atoms with van der Waals surface area (Å²) >= 11 is 0. The molecule has 3 N–H and O–H groups in total. The van der Waals surface area contributed by atoms with E-state index >= 15 is 0 Å². The number of benzene rings is 1. The van der Waals surface area contributed by atoms with Crippen LogP contribution in [0.5, 0.6) is 5.75 Å². The smallest absolute Gasteiger partial charge is 0.240 e. The highest BCUT2D eigenvalue weighted by Crippen LogP contribution is 2.47. The van der Waals surface area contributed by atoms with Gasteiger partial charge in [-0.15, -0.1) is 0 Å². The molecule has 0 radical (unpaired) electrons. The number of hydrogen-bond donors (Lipinski definition) is 2. The van der Waals surface area contributed by atoms with Gasteiger partial charge in [0, 0.05) is 12.5 Å². The quantitative estimate of drug-likeness (QED) is 0.678. The van der Waals surface area contributed by atoms with Crippen LogP contribution in [-0.4, -0.2) is 39.4 Å². The SMILES string of the molecule is CC(C)C[C@]1(C(=O)[O-])[NH2+][C@@H](c2ccccc2O)[C@H]2C(=O)N(C(C)C)C(=O)[C@@H]21. The van der Waals surface area contributed by atoms with Gasteiger partial charge < -0.3 is 20.3 Å². The minimum absolute atomic E-state index is 0.0144. The lowest BCUT2D eigenvalue weighted by Crippen LogP contribution is -2.99. The molecule has 3 rings (SSSR count). The summed E-state index contributed by atoms with van der Waals surface area (Å²) in [5.74, 6) is -4.06. The molecule has 0 aliphatic carbocycles. The molecule has 0 aromatic heterocycles. The number of para-hydroxylation sites is 1. The number of rotatable bonds is 5. The van der Waals surface area contributed by atoms with Gasteiger partial charge in [-0.2, -0.15) is 0 Å². The Morgan fingerprint density at radius 3 is 2.37 bits per heavy atom. The molecule has 1 aromatic rings. The number of carbonyl (C=O) groups is 3. The number of phenols is 1. The number of aliphatic carboxylic acids is 1. The van der Waals surface area contributed by atoms with Gasteiger partial charge in [-0.3, -0.25) is 14.5 Å². The van der Waals surface area contributed by atoms with Gasteiger partial charge in [-0.1, -0.05) is 26.0 Å². The van der Waals surface area contributed by atoms with E-state index in [4.69, 9.17) is 0 Å². The van der Waals surface area contributed by atoms with E-state index in [2.05, 4.69) is 0 Å². The highest BCUT2D eigenvalue weighted by molar-refractivity contribution is 6.08. The Kier molecular flexibility index (Phi) is 4.76. The van der Waals surface area contributed by atoms with E-state index in [0.29, 0.717) is 5.56 Å². The van der Waals surface area contributed by atoms with Crippen molar-refractivity contribution in [3.05, 3.63) is 29.8 Å². The fraction of sp³-hybridized carbons (Fsp3) is 0.550. The predicted molar refractivity (Wildman–Crippen MR) is 93.9 cm³/mol. The predicted octanol–water partition coefficient (Wildman–Crippen LogP) is -0.445. The van der Waals surface area contributed by atoms with Gasteiger partial charge in [0.25, 0.3) is 0 Å². The minimum Gasteiger partial charge on any atom is -0.544 e. The topological polar surface area (TPSA) is 114 Å². The zero-order valence-electron chi connectivity index (χ0n) is 16.0. The number of imide groups is 1. The highest BCUT2D eigenvalue weighted by atomic mass is 16.4. The van der Waals surface area contributed by atoms with E-state index < -0.39 is 35.3 Å². The monoisotopic (exact) mass is 374 g/mol. The molecule has 0 spiro atoms. The molecule has 0 bridgehead atoms. The van der Waals surface area contributed by atoms with Crippen molar-refractivity contribution in [3.63, 3.8) is 0 Å². The molecular formula is C20H26N2O5. The second-order valence-electron chi connectivity index (χ2n) is 8.32. The van der Waals surface area contributed by atoms with Crippen molar-refractivity contribution in [2.75, 3.05) is 0 Å². The van der Waals surface area contributed by atoms with Crippen molar-refractivity contribution in [3.8, 4) is 5.75 Å². The Balaban J connectivity index is 2.19. The molecule has 2 aliphatic heterocycles. The number of quaternary nitrogens is 1. The Labute approximate surface area is 158 Å². The lowest BCUT2D eigenvalue weighted by Gasteiger charge is -2.34. The summed E-state index contributed by atoms with van der Waals surface area (Å²) in [6, 6.07) is 5.53. The van der Waals surface area contributed by atoms with Crippen molar-refractivity contribution in [2.45, 2.75) is 51.7 Å². The third-order valence-corrected chi connectivity index (χ3v) is 5.74. The van der Waals surface area contributed by atoms with Crippen LogP contribution in [0.25, 0.3) is 0 Å². The van der Waals surface area contributed by atoms with Gasteiger partial charge in [0.1, 0.15) is 35.1 Å². The minimum atomic E-state index is -1.54. The van der Waals surface area contributed by atoms with Crippen LogP contribution < -0.4 is 10.4 Å². The number of aromatic hydroxyl groups is 1. The molecule has 4 atom stereocenters. The number of amides is 2. The molecule has 2 fully saturated rings. The number of nitrogens with zero attached hydrogens (tertiary/aromatic N) is 1. The van der Waals surface area contributed by atoms with Gasteiger partial charge in [0.15, 0.2) is 0 Å². The van der Waals surface area contributed by atoms with Crippen LogP contribution in [0.2, 0.25) is 0 Å². The largest absolute Gasteiger partial charge is 0.544 e. The second-order valence-corrected chi connectivity index (χ2v) is 8.32. The molecular weight excluding hydrogens is 348 g/mol. The summed E-state index contributed by atoms with van der Waals surface area (Å²) in [6.45, 7) is 7.22. The molecule has 2 heterocycles. The van der Waals surface area contributed by atoms with E-state index in [1.165, 1.54) is 11.0 Å². The molecule has 1 aromatic carbocycles. The van der Waals surface area contributed by atoms with Crippen LogP contribution in [0.3, 0.4) is 0 Å². The second kappa shape index (κ2) is 6.64. The number of carboxylic acids is 1. The molecule has 0 saturated carbocycles. The molecule has 2 aliphatic rings. The normalized spacial score (nSPS) is 30.4. The zero-order chi connectivity index (χ0) is 20.1. The van der Waals surface area contributed by atoms with Crippen LogP contribution in [0, 0.1) is 17.8 Å². The molecule has 7 heteroatoms. The Morgan fingerprint density at radius 1 is 1.22 bits per heavy atom. The number of carbonyl (C=O) groups excluding carboxylic acids is 3. The van der Waals surface area contributed by atoms with Crippen LogP contribution >= 0.6 is 0 Å². The Morgan fingerprint density at radius 2 is 1.85 bits per heavy atom. The summed E-state index contributed by atoms with van der Waals surface area (Å²) in [6.07, 6.45) is 0.200. The third-order valence-electron chi connectivity index (χ3n) is 5.74. The summed E-state index contributed by atoms with van der Waals surface area (Å²) in [7, 11) is 0. The molecule has 146 valence electrons. The summed E-state index contributed by atoms with van der Waals surface area (Å²) in [4.78, 5) is 39.7. The van der Waals surface area contributed by atoms with Crippen molar-refractivity contribution in [2.24, 2.45) is 17.8 Å². The van der Waals surface area contributed by atoms with E-state index in [9.17, 15) is 24.6 Å². The fourth-order valence-corrected chi connectivity index (χ4v) is 4.86. The van der Waals surface area contributed by atoms with Crippen molar-refractivity contribution >= 4 is 17.8 Å². The van der Waals surface area contributed by atoms with Gasteiger partial charge in [-0.05, 0) is 31.9 Å². The molecule has 27 heavy (non-hydrogen) atoms. The van der Waals surface area contributed by atoms with Gasteiger partial charge in [-0.25, -0.2) is 0 Å². The first-order chi connectivity index (χ1) is 12.6. The standard InChI is InChI=1S/C20H26N2O5/c1-10(2)9-20(19(26)27)15-14(17(24)22(11(3)4)18(15)25)16(21-20)12-7-5-6-8-13(12)23/h5-8,10-11,14-16,21,23H,9H2,1-4H3,(H,26,27)/t14-,15+,16-,20-/m0/s1. The number of likely N-dealkylation sites (tertiary alicyclic amines) is 1. The first-order valence-corrected chi connectivity index (χ1v) is 9.34. The number of phenolic OH excluding ortho intramolecular Hbond substituents is 1. The summed E-state index contributed by atoms with van der Waals surface area (Å²) in [5, 5.41) is 24.2. The van der Waals surface area contributed by atoms with Crippen molar-refractivity contribution in [1.82, 2.24) is 4.90 Å². The van der Waals surface area contributed by atoms with Gasteiger partial charge in [0.05, 0.1) is 5.56 Å². The average molecular weight is 374 g/mol. The zero-order valence-corrected chi connectivity index (χ0v) is 16.0. The Hall–Kier alpha value is -2.41. The maximum atomic E-state index is 13.1. The van der Waals surface area contributed by atoms with Crippen molar-refractivity contribution in [1.29, 1.82) is 0 Å².